The van der Waals surface area contributed by atoms with Crippen LogP contribution in [-0.4, -0.2) is 36.9 Å². The molecule has 0 spiro atoms. The Labute approximate surface area is 149 Å². The molecule has 0 bridgehead atoms. The van der Waals surface area contributed by atoms with Crippen LogP contribution in [0.1, 0.15) is 23.6 Å². The summed E-state index contributed by atoms with van der Waals surface area (Å²) in [6.45, 7) is 3.85. The summed E-state index contributed by atoms with van der Waals surface area (Å²) in [6.07, 6.45) is 0.887. The first-order valence-corrected chi connectivity index (χ1v) is 9.55. The van der Waals surface area contributed by atoms with Crippen molar-refractivity contribution in [3.8, 4) is 0 Å². The third-order valence-electron chi connectivity index (χ3n) is 4.33. The van der Waals surface area contributed by atoms with E-state index in [4.69, 9.17) is 0 Å². The van der Waals surface area contributed by atoms with Crippen molar-refractivity contribution in [3.63, 3.8) is 0 Å². The molecule has 0 radical (unpaired) electrons. The van der Waals surface area contributed by atoms with Crippen molar-refractivity contribution in [3.05, 3.63) is 65.2 Å². The highest BCUT2D eigenvalue weighted by Crippen LogP contribution is 2.21. The number of carbonyl (C=O) groups is 1. The molecule has 0 heterocycles. The van der Waals surface area contributed by atoms with Crippen molar-refractivity contribution in [1.82, 2.24) is 4.31 Å². The molecule has 1 N–H and O–H groups in total. The Morgan fingerprint density at radius 3 is 2.16 bits per heavy atom. The molecule has 0 amide bonds. The van der Waals surface area contributed by atoms with E-state index in [9.17, 15) is 18.3 Å². The molecule has 2 aromatic rings. The van der Waals surface area contributed by atoms with Crippen LogP contribution < -0.4 is 0 Å². The minimum Gasteiger partial charge on any atom is -0.480 e. The summed E-state index contributed by atoms with van der Waals surface area (Å²) in [4.78, 5) is 11.9. The summed E-state index contributed by atoms with van der Waals surface area (Å²) >= 11 is 0. The lowest BCUT2D eigenvalue weighted by atomic mass is 9.99. The van der Waals surface area contributed by atoms with Gasteiger partial charge in [0.05, 0.1) is 4.90 Å². The van der Waals surface area contributed by atoms with Gasteiger partial charge in [-0.05, 0) is 43.0 Å². The van der Waals surface area contributed by atoms with Crippen molar-refractivity contribution in [2.24, 2.45) is 0 Å². The summed E-state index contributed by atoms with van der Waals surface area (Å²) in [5.74, 6) is -1.16. The number of carboxylic acids is 1. The quantitative estimate of drug-likeness (QED) is 0.823. The van der Waals surface area contributed by atoms with Gasteiger partial charge in [-0.25, -0.2) is 8.42 Å². The molecule has 1 atom stereocenters. The van der Waals surface area contributed by atoms with Crippen molar-refractivity contribution in [2.75, 3.05) is 7.05 Å². The lowest BCUT2D eigenvalue weighted by Crippen LogP contribution is -2.43. The van der Waals surface area contributed by atoms with E-state index in [2.05, 4.69) is 0 Å². The van der Waals surface area contributed by atoms with Gasteiger partial charge in [0.2, 0.25) is 10.0 Å². The fourth-order valence-electron chi connectivity index (χ4n) is 2.73. The van der Waals surface area contributed by atoms with E-state index < -0.39 is 22.0 Å². The zero-order valence-corrected chi connectivity index (χ0v) is 15.5. The second-order valence-electron chi connectivity index (χ2n) is 6.01. The van der Waals surface area contributed by atoms with Crippen molar-refractivity contribution < 1.29 is 18.3 Å². The van der Waals surface area contributed by atoms with E-state index in [1.165, 1.54) is 19.2 Å². The van der Waals surface area contributed by atoms with Gasteiger partial charge in [-0.15, -0.1) is 0 Å². The molecule has 134 valence electrons. The van der Waals surface area contributed by atoms with E-state index >= 15 is 0 Å². The Bertz CT molecular complexity index is 844. The van der Waals surface area contributed by atoms with Gasteiger partial charge in [0.15, 0.2) is 0 Å². The molecule has 0 saturated carbocycles. The number of hydrogen-bond acceptors (Lipinski definition) is 3. The standard InChI is InChI=1S/C19H23NO4S/c1-4-15-7-5-6-8-16(15)13-18(19(21)22)20(3)25(23,24)17-11-9-14(2)10-12-17/h5-12,18H,4,13H2,1-3H3,(H,21,22)/t18-/m1/s1. The molecular weight excluding hydrogens is 338 g/mol. The number of aryl methyl sites for hydroxylation is 2. The maximum atomic E-state index is 12.8. The minimum atomic E-state index is -3.89. The predicted octanol–water partition coefficient (Wildman–Crippen LogP) is 2.87. The average Bonchev–Trinajstić information content (AvgIpc) is 2.59. The zero-order chi connectivity index (χ0) is 18.6. The van der Waals surface area contributed by atoms with Gasteiger partial charge in [0.25, 0.3) is 0 Å². The van der Waals surface area contributed by atoms with Gasteiger partial charge in [-0.3, -0.25) is 4.79 Å². The molecular formula is C19H23NO4S. The maximum Gasteiger partial charge on any atom is 0.322 e. The fourth-order valence-corrected chi connectivity index (χ4v) is 4.04. The van der Waals surface area contributed by atoms with Gasteiger partial charge in [0.1, 0.15) is 6.04 Å². The fraction of sp³-hybridized carbons (Fsp3) is 0.316. The first-order valence-electron chi connectivity index (χ1n) is 8.11. The molecule has 0 aromatic heterocycles. The zero-order valence-electron chi connectivity index (χ0n) is 14.6. The number of rotatable bonds is 7. The Kier molecular flexibility index (Phi) is 5.98. The number of benzene rings is 2. The van der Waals surface area contributed by atoms with E-state index in [0.717, 1.165) is 27.4 Å². The van der Waals surface area contributed by atoms with Crippen LogP contribution in [0.3, 0.4) is 0 Å². The van der Waals surface area contributed by atoms with Crippen LogP contribution in [0, 0.1) is 6.92 Å². The predicted molar refractivity (Wildman–Crippen MR) is 97.1 cm³/mol. The largest absolute Gasteiger partial charge is 0.480 e. The van der Waals surface area contributed by atoms with Gasteiger partial charge in [-0.2, -0.15) is 4.31 Å². The van der Waals surface area contributed by atoms with Crippen LogP contribution in [-0.2, 0) is 27.7 Å². The molecule has 0 aliphatic carbocycles. The number of sulfonamides is 1. The van der Waals surface area contributed by atoms with Crippen LogP contribution in [0.15, 0.2) is 53.4 Å². The Balaban J connectivity index is 2.36. The monoisotopic (exact) mass is 361 g/mol. The van der Waals surface area contributed by atoms with E-state index in [1.54, 1.807) is 12.1 Å². The van der Waals surface area contributed by atoms with Gasteiger partial charge in [-0.1, -0.05) is 48.9 Å². The van der Waals surface area contributed by atoms with Crippen LogP contribution >= 0.6 is 0 Å². The SMILES string of the molecule is CCc1ccccc1C[C@H](C(=O)O)N(C)S(=O)(=O)c1ccc(C)cc1. The second-order valence-corrected chi connectivity index (χ2v) is 8.01. The first-order chi connectivity index (χ1) is 11.8. The van der Waals surface area contributed by atoms with Crippen molar-refractivity contribution >= 4 is 16.0 Å². The smallest absolute Gasteiger partial charge is 0.322 e. The van der Waals surface area contributed by atoms with Crippen LogP contribution in [0.2, 0.25) is 0 Å². The lowest BCUT2D eigenvalue weighted by molar-refractivity contribution is -0.141. The molecule has 2 aromatic carbocycles. The number of aliphatic carboxylic acids is 1. The molecule has 6 heteroatoms. The molecule has 0 fully saturated rings. The molecule has 0 aliphatic rings. The number of nitrogens with zero attached hydrogens (tertiary/aromatic N) is 1. The van der Waals surface area contributed by atoms with E-state index in [0.29, 0.717) is 0 Å². The molecule has 25 heavy (non-hydrogen) atoms. The van der Waals surface area contributed by atoms with Crippen LogP contribution in [0.4, 0.5) is 0 Å². The van der Waals surface area contributed by atoms with Gasteiger partial charge >= 0.3 is 5.97 Å². The molecule has 0 aliphatic heterocycles. The molecule has 2 rings (SSSR count). The number of carboxylic acid groups (broad SMARTS) is 1. The van der Waals surface area contributed by atoms with Gasteiger partial charge < -0.3 is 5.11 Å². The topological polar surface area (TPSA) is 74.7 Å². The van der Waals surface area contributed by atoms with E-state index in [-0.39, 0.29) is 11.3 Å². The highest BCUT2D eigenvalue weighted by atomic mass is 32.2. The normalized spacial score (nSPS) is 13.0. The highest BCUT2D eigenvalue weighted by Gasteiger charge is 2.33. The summed E-state index contributed by atoms with van der Waals surface area (Å²) in [5.41, 5.74) is 2.81. The lowest BCUT2D eigenvalue weighted by Gasteiger charge is -2.25. The van der Waals surface area contributed by atoms with Crippen LogP contribution in [0.25, 0.3) is 0 Å². The maximum absolute atomic E-state index is 12.8. The third kappa shape index (κ3) is 4.27. The molecule has 0 unspecified atom stereocenters. The van der Waals surface area contributed by atoms with Crippen molar-refractivity contribution in [2.45, 2.75) is 37.6 Å². The molecule has 5 nitrogen and oxygen atoms in total. The van der Waals surface area contributed by atoms with Crippen molar-refractivity contribution in [1.29, 1.82) is 0 Å². The van der Waals surface area contributed by atoms with Gasteiger partial charge in [0, 0.05) is 7.05 Å². The summed E-state index contributed by atoms with van der Waals surface area (Å²) < 4.78 is 26.5. The third-order valence-corrected chi connectivity index (χ3v) is 6.22. The Hall–Kier alpha value is -2.18. The average molecular weight is 361 g/mol. The second kappa shape index (κ2) is 7.80. The summed E-state index contributed by atoms with van der Waals surface area (Å²) in [7, 11) is -2.57. The van der Waals surface area contributed by atoms with E-state index in [1.807, 2.05) is 38.1 Å². The number of hydrogen-bond donors (Lipinski definition) is 1. The Morgan fingerprint density at radius 1 is 1.08 bits per heavy atom. The first kappa shape index (κ1) is 19.1. The highest BCUT2D eigenvalue weighted by molar-refractivity contribution is 7.89. The van der Waals surface area contributed by atoms with Crippen LogP contribution in [0.5, 0.6) is 0 Å². The summed E-state index contributed by atoms with van der Waals surface area (Å²) in [5, 5.41) is 9.62. The molecule has 0 saturated heterocycles. The summed E-state index contributed by atoms with van der Waals surface area (Å²) in [6, 6.07) is 12.7. The minimum absolute atomic E-state index is 0.0932. The Morgan fingerprint density at radius 2 is 1.64 bits per heavy atom. The number of likely N-dealkylation sites (N-methyl/N-ethyl adjacent to an activating group) is 1.